The summed E-state index contributed by atoms with van der Waals surface area (Å²) in [7, 11) is 0. The molecule has 0 aliphatic rings. The zero-order chi connectivity index (χ0) is 11.7. The average Bonchev–Trinajstić information content (AvgIpc) is 2.20. The minimum absolute atomic E-state index is 0.287. The molecule has 0 heterocycles. The molecule has 0 fully saturated rings. The van der Waals surface area contributed by atoms with E-state index >= 15 is 0 Å². The van der Waals surface area contributed by atoms with E-state index in [1.54, 1.807) is 0 Å². The third kappa shape index (κ3) is 7.75. The molecule has 1 unspecified atom stereocenters. The molecule has 0 aliphatic carbocycles. The van der Waals surface area contributed by atoms with Crippen molar-refractivity contribution in [2.45, 2.75) is 32.2 Å². The van der Waals surface area contributed by atoms with Crippen molar-refractivity contribution in [3.63, 3.8) is 0 Å². The Morgan fingerprint density at radius 3 is 2.53 bits per heavy atom. The summed E-state index contributed by atoms with van der Waals surface area (Å²) in [5.41, 5.74) is 5.11. The lowest BCUT2D eigenvalue weighted by atomic mass is 10.3. The molecule has 0 saturated heterocycles. The van der Waals surface area contributed by atoms with Crippen LogP contribution in [0, 0.1) is 0 Å². The van der Waals surface area contributed by atoms with Gasteiger partial charge >= 0.3 is 12.1 Å². The quantitative estimate of drug-likeness (QED) is 0.484. The summed E-state index contributed by atoms with van der Waals surface area (Å²) < 4.78 is 9.14. The zero-order valence-corrected chi connectivity index (χ0v) is 8.77. The fourth-order valence-corrected chi connectivity index (χ4v) is 0.778. The number of nitrogens with two attached hydrogens (primary N) is 1. The average molecular weight is 219 g/mol. The SMILES string of the molecule is CCCCCOC(=O)OCC(N)C(=O)O. The first-order chi connectivity index (χ1) is 7.07. The lowest BCUT2D eigenvalue weighted by molar-refractivity contribution is -0.139. The van der Waals surface area contributed by atoms with Crippen LogP contribution in [0.1, 0.15) is 26.2 Å². The van der Waals surface area contributed by atoms with Crippen LogP contribution in [-0.2, 0) is 14.3 Å². The van der Waals surface area contributed by atoms with Gasteiger partial charge in [0.2, 0.25) is 0 Å². The number of hydrogen-bond acceptors (Lipinski definition) is 5. The van der Waals surface area contributed by atoms with Crippen LogP contribution in [-0.4, -0.2) is 36.5 Å². The maximum Gasteiger partial charge on any atom is 0.508 e. The van der Waals surface area contributed by atoms with Crippen LogP contribution in [0.4, 0.5) is 4.79 Å². The molecule has 0 amide bonds. The molecule has 0 saturated carbocycles. The van der Waals surface area contributed by atoms with Gasteiger partial charge in [-0.05, 0) is 6.42 Å². The van der Waals surface area contributed by atoms with Crippen LogP contribution in [0.3, 0.4) is 0 Å². The zero-order valence-electron chi connectivity index (χ0n) is 8.77. The number of carboxylic acid groups (broad SMARTS) is 1. The Morgan fingerprint density at radius 1 is 1.33 bits per heavy atom. The summed E-state index contributed by atoms with van der Waals surface area (Å²) in [6.07, 6.45) is 1.91. The molecule has 1 atom stereocenters. The molecule has 0 radical (unpaired) electrons. The van der Waals surface area contributed by atoms with E-state index in [1.807, 2.05) is 6.92 Å². The number of unbranched alkanes of at least 4 members (excludes halogenated alkanes) is 2. The van der Waals surface area contributed by atoms with E-state index in [4.69, 9.17) is 10.8 Å². The van der Waals surface area contributed by atoms with Crippen molar-refractivity contribution >= 4 is 12.1 Å². The lowest BCUT2D eigenvalue weighted by Gasteiger charge is -2.08. The van der Waals surface area contributed by atoms with E-state index < -0.39 is 18.2 Å². The largest absolute Gasteiger partial charge is 0.508 e. The van der Waals surface area contributed by atoms with Crippen molar-refractivity contribution in [2.75, 3.05) is 13.2 Å². The van der Waals surface area contributed by atoms with Crippen molar-refractivity contribution in [3.05, 3.63) is 0 Å². The molecule has 0 rings (SSSR count). The highest BCUT2D eigenvalue weighted by atomic mass is 16.7. The molecule has 15 heavy (non-hydrogen) atoms. The monoisotopic (exact) mass is 219 g/mol. The molecular weight excluding hydrogens is 202 g/mol. The van der Waals surface area contributed by atoms with E-state index in [9.17, 15) is 9.59 Å². The molecule has 0 aromatic carbocycles. The third-order valence-electron chi connectivity index (χ3n) is 1.67. The van der Waals surface area contributed by atoms with Crippen LogP contribution in [0.15, 0.2) is 0 Å². The predicted octanol–water partition coefficient (Wildman–Crippen LogP) is 0.742. The van der Waals surface area contributed by atoms with Crippen molar-refractivity contribution in [2.24, 2.45) is 5.73 Å². The summed E-state index contributed by atoms with van der Waals surface area (Å²) in [4.78, 5) is 21.1. The molecule has 88 valence electrons. The normalized spacial score (nSPS) is 11.9. The first-order valence-corrected chi connectivity index (χ1v) is 4.85. The summed E-state index contributed by atoms with van der Waals surface area (Å²) in [6, 6.07) is -1.20. The van der Waals surface area contributed by atoms with E-state index in [2.05, 4.69) is 9.47 Å². The Morgan fingerprint density at radius 2 is 2.00 bits per heavy atom. The lowest BCUT2D eigenvalue weighted by Crippen LogP contribution is -2.35. The number of ether oxygens (including phenoxy) is 2. The van der Waals surface area contributed by atoms with E-state index in [0.29, 0.717) is 0 Å². The van der Waals surface area contributed by atoms with Crippen LogP contribution in [0.2, 0.25) is 0 Å². The van der Waals surface area contributed by atoms with Crippen LogP contribution in [0.25, 0.3) is 0 Å². The second kappa shape index (κ2) is 8.05. The Hall–Kier alpha value is -1.30. The maximum absolute atomic E-state index is 10.8. The van der Waals surface area contributed by atoms with E-state index in [1.165, 1.54) is 0 Å². The van der Waals surface area contributed by atoms with Gasteiger partial charge in [0.1, 0.15) is 12.6 Å². The van der Waals surface area contributed by atoms with Gasteiger partial charge in [-0.2, -0.15) is 0 Å². The van der Waals surface area contributed by atoms with Crippen molar-refractivity contribution in [1.82, 2.24) is 0 Å². The summed E-state index contributed by atoms with van der Waals surface area (Å²) >= 11 is 0. The second-order valence-electron chi connectivity index (χ2n) is 3.06. The third-order valence-corrected chi connectivity index (χ3v) is 1.67. The van der Waals surface area contributed by atoms with Gasteiger partial charge < -0.3 is 20.3 Å². The fraction of sp³-hybridized carbons (Fsp3) is 0.778. The fourth-order valence-electron chi connectivity index (χ4n) is 0.778. The Balaban J connectivity index is 3.45. The van der Waals surface area contributed by atoms with Gasteiger partial charge in [-0.25, -0.2) is 4.79 Å². The second-order valence-corrected chi connectivity index (χ2v) is 3.06. The highest BCUT2D eigenvalue weighted by Crippen LogP contribution is 1.96. The van der Waals surface area contributed by atoms with Gasteiger partial charge in [0.05, 0.1) is 6.61 Å². The van der Waals surface area contributed by atoms with Crippen LogP contribution < -0.4 is 5.73 Å². The highest BCUT2D eigenvalue weighted by Gasteiger charge is 2.14. The van der Waals surface area contributed by atoms with Gasteiger partial charge in [0.15, 0.2) is 0 Å². The van der Waals surface area contributed by atoms with Gasteiger partial charge in [0.25, 0.3) is 0 Å². The summed E-state index contributed by atoms with van der Waals surface area (Å²) in [5.74, 6) is -1.21. The van der Waals surface area contributed by atoms with Crippen LogP contribution in [0.5, 0.6) is 0 Å². The number of carbonyl (C=O) groups is 2. The maximum atomic E-state index is 10.8. The van der Waals surface area contributed by atoms with Crippen molar-refractivity contribution in [1.29, 1.82) is 0 Å². The molecule has 0 aliphatic heterocycles. The standard InChI is InChI=1S/C9H17NO5/c1-2-3-4-5-14-9(13)15-6-7(10)8(11)12/h7H,2-6,10H2,1H3,(H,11,12). The highest BCUT2D eigenvalue weighted by molar-refractivity contribution is 5.73. The Kier molecular flexibility index (Phi) is 7.35. The van der Waals surface area contributed by atoms with Crippen molar-refractivity contribution in [3.8, 4) is 0 Å². The number of carbonyl (C=O) groups excluding carboxylic acids is 1. The van der Waals surface area contributed by atoms with Gasteiger partial charge in [-0.15, -0.1) is 0 Å². The molecule has 6 heteroatoms. The molecule has 3 N–H and O–H groups in total. The number of hydrogen-bond donors (Lipinski definition) is 2. The first kappa shape index (κ1) is 13.7. The topological polar surface area (TPSA) is 98.9 Å². The molecular formula is C9H17NO5. The van der Waals surface area contributed by atoms with Gasteiger partial charge in [-0.3, -0.25) is 4.79 Å². The molecule has 6 nitrogen and oxygen atoms in total. The van der Waals surface area contributed by atoms with Gasteiger partial charge in [0, 0.05) is 0 Å². The number of rotatable bonds is 7. The predicted molar refractivity (Wildman–Crippen MR) is 52.4 cm³/mol. The molecule has 0 aromatic rings. The van der Waals surface area contributed by atoms with Gasteiger partial charge in [-0.1, -0.05) is 19.8 Å². The van der Waals surface area contributed by atoms with E-state index in [0.717, 1.165) is 19.3 Å². The summed E-state index contributed by atoms with van der Waals surface area (Å²) in [5, 5.41) is 8.38. The van der Waals surface area contributed by atoms with Crippen molar-refractivity contribution < 1.29 is 24.2 Å². The Bertz CT molecular complexity index is 207. The minimum atomic E-state index is -1.21. The smallest absolute Gasteiger partial charge is 0.480 e. The van der Waals surface area contributed by atoms with E-state index in [-0.39, 0.29) is 13.2 Å². The number of aliphatic carboxylic acids is 1. The molecule has 0 spiro atoms. The van der Waals surface area contributed by atoms with Crippen LogP contribution >= 0.6 is 0 Å². The Labute approximate surface area is 88.3 Å². The first-order valence-electron chi connectivity index (χ1n) is 4.85. The molecule has 0 bridgehead atoms. The number of carboxylic acids is 1. The minimum Gasteiger partial charge on any atom is -0.480 e. The molecule has 0 aromatic heterocycles. The summed E-state index contributed by atoms with van der Waals surface area (Å²) in [6.45, 7) is 1.95.